The lowest BCUT2D eigenvalue weighted by Crippen LogP contribution is -2.31. The maximum atomic E-state index is 11.9. The van der Waals surface area contributed by atoms with Crippen LogP contribution < -0.4 is 10.6 Å². The maximum absolute atomic E-state index is 11.9. The van der Waals surface area contributed by atoms with Gasteiger partial charge in [-0.1, -0.05) is 48.0 Å². The first-order valence-corrected chi connectivity index (χ1v) is 9.79. The number of carbonyl (C=O) groups is 3. The third kappa shape index (κ3) is 7.95. The number of hydrogen-bond donors (Lipinski definition) is 2. The maximum Gasteiger partial charge on any atom is 0.306 e. The van der Waals surface area contributed by atoms with E-state index in [1.807, 2.05) is 50.2 Å². The Morgan fingerprint density at radius 1 is 1.03 bits per heavy atom. The van der Waals surface area contributed by atoms with E-state index in [2.05, 4.69) is 10.6 Å². The van der Waals surface area contributed by atoms with Gasteiger partial charge in [0.15, 0.2) is 6.61 Å². The van der Waals surface area contributed by atoms with Gasteiger partial charge >= 0.3 is 5.97 Å². The second-order valence-electron chi connectivity index (χ2n) is 6.73. The number of anilines is 1. The van der Waals surface area contributed by atoms with Crippen molar-refractivity contribution in [1.29, 1.82) is 0 Å². The normalized spacial score (nSPS) is 11.4. The molecule has 29 heavy (non-hydrogen) atoms. The molecule has 0 radical (unpaired) electrons. The van der Waals surface area contributed by atoms with E-state index >= 15 is 0 Å². The quantitative estimate of drug-likeness (QED) is 0.600. The van der Waals surface area contributed by atoms with Crippen molar-refractivity contribution < 1.29 is 19.1 Å². The van der Waals surface area contributed by atoms with Crippen LogP contribution in [0.5, 0.6) is 0 Å². The Labute approximate surface area is 175 Å². The minimum Gasteiger partial charge on any atom is -0.456 e. The van der Waals surface area contributed by atoms with E-state index in [1.54, 1.807) is 12.1 Å². The first kappa shape index (κ1) is 22.4. The fourth-order valence-corrected chi connectivity index (χ4v) is 2.79. The minimum atomic E-state index is -0.515. The average molecular weight is 417 g/mol. The second-order valence-corrected chi connectivity index (χ2v) is 7.13. The van der Waals surface area contributed by atoms with E-state index in [9.17, 15) is 14.4 Å². The van der Waals surface area contributed by atoms with Crippen LogP contribution in [0, 0.1) is 6.92 Å². The Morgan fingerprint density at radius 2 is 1.76 bits per heavy atom. The number of esters is 1. The van der Waals surface area contributed by atoms with E-state index in [4.69, 9.17) is 16.3 Å². The molecular weight excluding hydrogens is 392 g/mol. The molecular formula is C22H25ClN2O4. The summed E-state index contributed by atoms with van der Waals surface area (Å²) in [6.45, 7) is 3.39. The van der Waals surface area contributed by atoms with Crippen LogP contribution in [0.3, 0.4) is 0 Å². The summed E-state index contributed by atoms with van der Waals surface area (Å²) in [5, 5.41) is 6.08. The van der Waals surface area contributed by atoms with Crippen molar-refractivity contribution in [2.24, 2.45) is 0 Å². The number of ether oxygens (including phenoxy) is 1. The third-order valence-corrected chi connectivity index (χ3v) is 4.69. The predicted molar refractivity (Wildman–Crippen MR) is 113 cm³/mol. The Morgan fingerprint density at radius 3 is 2.45 bits per heavy atom. The number of halogens is 1. The van der Waals surface area contributed by atoms with Gasteiger partial charge in [0, 0.05) is 23.6 Å². The molecule has 0 aliphatic carbocycles. The van der Waals surface area contributed by atoms with Crippen LogP contribution in [0.1, 0.15) is 43.4 Å². The smallest absolute Gasteiger partial charge is 0.306 e. The van der Waals surface area contributed by atoms with Crippen molar-refractivity contribution in [3.05, 3.63) is 64.7 Å². The molecule has 0 spiro atoms. The van der Waals surface area contributed by atoms with Gasteiger partial charge in [0.1, 0.15) is 0 Å². The minimum absolute atomic E-state index is 0.0591. The third-order valence-electron chi connectivity index (χ3n) is 4.28. The second kappa shape index (κ2) is 11.2. The van der Waals surface area contributed by atoms with E-state index in [0.717, 1.165) is 11.1 Å². The van der Waals surface area contributed by atoms with Gasteiger partial charge in [-0.05, 0) is 43.5 Å². The van der Waals surface area contributed by atoms with Gasteiger partial charge in [0.2, 0.25) is 5.91 Å². The molecule has 0 saturated heterocycles. The topological polar surface area (TPSA) is 84.5 Å². The first-order chi connectivity index (χ1) is 13.8. The predicted octanol–water partition coefficient (Wildman–Crippen LogP) is 4.18. The standard InChI is InChI=1S/C22H25ClN2O4/c1-15-11-12-18(13-19(15)23)25-20(26)9-6-10-22(28)29-14-21(27)24-16(2)17-7-4-3-5-8-17/h3-5,7-8,11-13,16H,6,9-10,14H2,1-2H3,(H,24,27)(H,25,26)/t16-/m1/s1. The highest BCUT2D eigenvalue weighted by molar-refractivity contribution is 6.31. The van der Waals surface area contributed by atoms with Gasteiger partial charge in [-0.25, -0.2) is 0 Å². The highest BCUT2D eigenvalue weighted by atomic mass is 35.5. The van der Waals surface area contributed by atoms with Gasteiger partial charge in [-0.3, -0.25) is 14.4 Å². The number of rotatable bonds is 9. The molecule has 2 N–H and O–H groups in total. The Balaban J connectivity index is 1.63. The van der Waals surface area contributed by atoms with Crippen molar-refractivity contribution >= 4 is 35.1 Å². The van der Waals surface area contributed by atoms with Crippen LogP contribution in [-0.2, 0) is 19.1 Å². The summed E-state index contributed by atoms with van der Waals surface area (Å²) in [7, 11) is 0. The van der Waals surface area contributed by atoms with Crippen LogP contribution in [-0.4, -0.2) is 24.4 Å². The van der Waals surface area contributed by atoms with Gasteiger partial charge in [-0.2, -0.15) is 0 Å². The summed E-state index contributed by atoms with van der Waals surface area (Å²) in [5.41, 5.74) is 2.50. The molecule has 0 unspecified atom stereocenters. The molecule has 1 atom stereocenters. The van der Waals surface area contributed by atoms with Crippen molar-refractivity contribution in [3.63, 3.8) is 0 Å². The van der Waals surface area contributed by atoms with E-state index < -0.39 is 5.97 Å². The molecule has 0 aliphatic heterocycles. The van der Waals surface area contributed by atoms with Gasteiger partial charge in [0.25, 0.3) is 5.91 Å². The van der Waals surface area contributed by atoms with Crippen molar-refractivity contribution in [1.82, 2.24) is 5.32 Å². The largest absolute Gasteiger partial charge is 0.456 e. The van der Waals surface area contributed by atoms with Crippen molar-refractivity contribution in [3.8, 4) is 0 Å². The zero-order valence-electron chi connectivity index (χ0n) is 16.5. The van der Waals surface area contributed by atoms with Crippen LogP contribution in [0.15, 0.2) is 48.5 Å². The molecule has 0 aliphatic rings. The Kier molecular flexibility index (Phi) is 8.68. The number of aryl methyl sites for hydroxylation is 1. The van der Waals surface area contributed by atoms with Gasteiger partial charge in [0.05, 0.1) is 6.04 Å². The number of amides is 2. The summed E-state index contributed by atoms with van der Waals surface area (Å²) in [6, 6.07) is 14.6. The molecule has 154 valence electrons. The highest BCUT2D eigenvalue weighted by Crippen LogP contribution is 2.20. The zero-order chi connectivity index (χ0) is 21.2. The van der Waals surface area contributed by atoms with Gasteiger partial charge in [-0.15, -0.1) is 0 Å². The SMILES string of the molecule is Cc1ccc(NC(=O)CCCC(=O)OCC(=O)N[C@H](C)c2ccccc2)cc1Cl. The van der Waals surface area contributed by atoms with E-state index in [-0.39, 0.29) is 37.3 Å². The molecule has 2 aromatic rings. The van der Waals surface area contributed by atoms with E-state index in [0.29, 0.717) is 17.1 Å². The monoisotopic (exact) mass is 416 g/mol. The fraction of sp³-hybridized carbons (Fsp3) is 0.318. The lowest BCUT2D eigenvalue weighted by atomic mass is 10.1. The van der Waals surface area contributed by atoms with Crippen LogP contribution in [0.2, 0.25) is 5.02 Å². The summed E-state index contributed by atoms with van der Waals surface area (Å²) < 4.78 is 4.97. The summed E-state index contributed by atoms with van der Waals surface area (Å²) in [5.74, 6) is -1.10. The number of nitrogens with one attached hydrogen (secondary N) is 2. The highest BCUT2D eigenvalue weighted by Gasteiger charge is 2.12. The average Bonchev–Trinajstić information content (AvgIpc) is 2.70. The molecule has 0 aromatic heterocycles. The number of hydrogen-bond acceptors (Lipinski definition) is 4. The van der Waals surface area contributed by atoms with E-state index in [1.165, 1.54) is 0 Å². The number of benzene rings is 2. The number of carbonyl (C=O) groups excluding carboxylic acids is 3. The van der Waals surface area contributed by atoms with Crippen molar-refractivity contribution in [2.75, 3.05) is 11.9 Å². The lowest BCUT2D eigenvalue weighted by molar-refractivity contribution is -0.148. The van der Waals surface area contributed by atoms with Crippen molar-refractivity contribution in [2.45, 2.75) is 39.2 Å². The summed E-state index contributed by atoms with van der Waals surface area (Å²) in [6.07, 6.45) is 0.549. The Hall–Kier alpha value is -2.86. The van der Waals surface area contributed by atoms with Gasteiger partial charge < -0.3 is 15.4 Å². The molecule has 0 heterocycles. The first-order valence-electron chi connectivity index (χ1n) is 9.41. The molecule has 0 fully saturated rings. The van der Waals surface area contributed by atoms with Crippen LogP contribution in [0.4, 0.5) is 5.69 Å². The lowest BCUT2D eigenvalue weighted by Gasteiger charge is -2.14. The van der Waals surface area contributed by atoms with Crippen LogP contribution >= 0.6 is 11.6 Å². The molecule has 7 heteroatoms. The molecule has 2 aromatic carbocycles. The summed E-state index contributed by atoms with van der Waals surface area (Å²) in [4.78, 5) is 35.6. The summed E-state index contributed by atoms with van der Waals surface area (Å²) >= 11 is 6.02. The molecule has 6 nitrogen and oxygen atoms in total. The fourth-order valence-electron chi connectivity index (χ4n) is 2.61. The molecule has 2 rings (SSSR count). The Bertz CT molecular complexity index is 855. The van der Waals surface area contributed by atoms with Crippen LogP contribution in [0.25, 0.3) is 0 Å². The zero-order valence-corrected chi connectivity index (χ0v) is 17.3. The molecule has 0 bridgehead atoms. The molecule has 0 saturated carbocycles. The molecule has 2 amide bonds.